The van der Waals surface area contributed by atoms with Gasteiger partial charge in [0, 0.05) is 30.1 Å². The number of halogens is 2. The molecule has 136 valence electrons. The summed E-state index contributed by atoms with van der Waals surface area (Å²) < 4.78 is 49.1. The lowest BCUT2D eigenvalue weighted by Gasteiger charge is -2.26. The van der Waals surface area contributed by atoms with Crippen LogP contribution in [-0.4, -0.2) is 28.6 Å². The van der Waals surface area contributed by atoms with Crippen molar-refractivity contribution >= 4 is 11.4 Å². The number of hydrogen-bond donors (Lipinski definition) is 1. The van der Waals surface area contributed by atoms with E-state index in [1.807, 2.05) is 33.8 Å². The van der Waals surface area contributed by atoms with Gasteiger partial charge < -0.3 is 9.29 Å². The number of benzene rings is 1. The monoisotopic (exact) mass is 359 g/mol. The fourth-order valence-corrected chi connectivity index (χ4v) is 3.47. The highest BCUT2D eigenvalue weighted by molar-refractivity contribution is 7.90. The van der Waals surface area contributed by atoms with Crippen molar-refractivity contribution in [2.75, 3.05) is 13.2 Å². The quantitative estimate of drug-likeness (QED) is 0.777. The molecule has 1 aromatic carbocycles. The number of hydrogen-bond acceptors (Lipinski definition) is 3. The average Bonchev–Trinajstić information content (AvgIpc) is 3.06. The number of rotatable bonds is 6. The third-order valence-electron chi connectivity index (χ3n) is 4.25. The smallest absolute Gasteiger partial charge is 0.298 e. The molecule has 1 fully saturated rings. The van der Waals surface area contributed by atoms with Gasteiger partial charge in [0.2, 0.25) is 0 Å². The number of alkyl halides is 2. The summed E-state index contributed by atoms with van der Waals surface area (Å²) in [6.07, 6.45) is 0.0345. The topological polar surface area (TPSA) is 44.3 Å². The van der Waals surface area contributed by atoms with Crippen LogP contribution in [0.1, 0.15) is 57.6 Å². The Morgan fingerprint density at radius 2 is 2.08 bits per heavy atom. The Morgan fingerprint density at radius 3 is 2.67 bits per heavy atom. The lowest BCUT2D eigenvalue weighted by Crippen LogP contribution is -2.40. The number of ether oxygens (including phenoxy) is 1. The van der Waals surface area contributed by atoms with Gasteiger partial charge in [-0.25, -0.2) is 0 Å². The van der Waals surface area contributed by atoms with Gasteiger partial charge >= 0.3 is 0 Å². The Balaban J connectivity index is 2.06. The van der Waals surface area contributed by atoms with Crippen molar-refractivity contribution in [3.8, 4) is 0 Å². The van der Waals surface area contributed by atoms with E-state index in [1.165, 1.54) is 6.07 Å². The maximum absolute atomic E-state index is 14.6. The molecule has 2 rings (SSSR count). The Labute approximate surface area is 146 Å². The maximum atomic E-state index is 14.6. The summed E-state index contributed by atoms with van der Waals surface area (Å²) >= 11 is -1.17. The molecule has 0 aromatic heterocycles. The van der Waals surface area contributed by atoms with Crippen molar-refractivity contribution in [3.63, 3.8) is 0 Å². The zero-order valence-corrected chi connectivity index (χ0v) is 15.6. The van der Waals surface area contributed by atoms with Crippen molar-refractivity contribution in [1.29, 1.82) is 0 Å². The highest BCUT2D eigenvalue weighted by Gasteiger charge is 2.44. The largest absolute Gasteiger partial charge is 0.598 e. The summed E-state index contributed by atoms with van der Waals surface area (Å²) in [5.41, 5.74) is 0.805. The molecule has 1 saturated heterocycles. The zero-order chi connectivity index (χ0) is 18.0. The van der Waals surface area contributed by atoms with Gasteiger partial charge in [-0.2, -0.15) is 8.78 Å². The minimum Gasteiger partial charge on any atom is -0.598 e. The Morgan fingerprint density at radius 1 is 1.38 bits per heavy atom. The first-order valence-corrected chi connectivity index (χ1v) is 9.52. The summed E-state index contributed by atoms with van der Waals surface area (Å²) in [5.74, 6) is -3.00. The molecule has 1 aliphatic heterocycles. The van der Waals surface area contributed by atoms with E-state index in [1.54, 1.807) is 12.1 Å². The van der Waals surface area contributed by atoms with Crippen molar-refractivity contribution in [2.24, 2.45) is 0 Å². The molecule has 6 heteroatoms. The van der Waals surface area contributed by atoms with Gasteiger partial charge in [0.05, 0.1) is 0 Å². The van der Waals surface area contributed by atoms with Crippen LogP contribution in [0.3, 0.4) is 0 Å². The highest BCUT2D eigenvalue weighted by Crippen LogP contribution is 2.38. The summed E-state index contributed by atoms with van der Waals surface area (Å²) in [5, 5.41) is 0. The van der Waals surface area contributed by atoms with Gasteiger partial charge in [-0.3, -0.25) is 0 Å². The molecule has 0 saturated carbocycles. The van der Waals surface area contributed by atoms with Gasteiger partial charge in [-0.1, -0.05) is 25.1 Å². The van der Waals surface area contributed by atoms with Crippen LogP contribution in [-0.2, 0) is 22.0 Å². The molecule has 1 heterocycles. The van der Waals surface area contributed by atoms with E-state index in [9.17, 15) is 13.3 Å². The Hall–Kier alpha value is -0.690. The standard InChI is InChI=1S/C18H27F2NO2S/c1-13(12-21-24(22)17(2,3)4)14-7-5-8-15(11-14)18(19,20)16-9-6-10-23-16/h5,7-8,11,13,16,21H,6,9-10,12H2,1-4H3. The molecule has 0 spiro atoms. The van der Waals surface area contributed by atoms with Gasteiger partial charge in [0.15, 0.2) is 0 Å². The molecule has 0 aliphatic carbocycles. The second kappa shape index (κ2) is 7.68. The van der Waals surface area contributed by atoms with Crippen LogP contribution in [0.2, 0.25) is 0 Å². The molecule has 1 N–H and O–H groups in total. The third kappa shape index (κ3) is 4.69. The van der Waals surface area contributed by atoms with Crippen LogP contribution < -0.4 is 4.72 Å². The van der Waals surface area contributed by atoms with Crippen LogP contribution in [0.5, 0.6) is 0 Å². The van der Waals surface area contributed by atoms with Crippen LogP contribution in [0.15, 0.2) is 24.3 Å². The van der Waals surface area contributed by atoms with Crippen molar-refractivity contribution in [2.45, 2.75) is 63.2 Å². The fourth-order valence-electron chi connectivity index (χ4n) is 2.64. The van der Waals surface area contributed by atoms with Gasteiger partial charge in [0.25, 0.3) is 5.92 Å². The first-order chi connectivity index (χ1) is 11.1. The fraction of sp³-hybridized carbons (Fsp3) is 0.667. The molecule has 3 atom stereocenters. The Bertz CT molecular complexity index is 542. The molecule has 0 radical (unpaired) electrons. The van der Waals surface area contributed by atoms with Crippen molar-refractivity contribution < 1.29 is 18.1 Å². The summed E-state index contributed by atoms with van der Waals surface area (Å²) in [6, 6.07) is 6.50. The van der Waals surface area contributed by atoms with Crippen LogP contribution in [0.25, 0.3) is 0 Å². The molecular weight excluding hydrogens is 332 g/mol. The normalized spacial score (nSPS) is 21.7. The maximum Gasteiger partial charge on any atom is 0.298 e. The molecule has 0 bridgehead atoms. The predicted octanol–water partition coefficient (Wildman–Crippen LogP) is 4.11. The van der Waals surface area contributed by atoms with E-state index in [2.05, 4.69) is 4.72 Å². The zero-order valence-electron chi connectivity index (χ0n) is 14.8. The van der Waals surface area contributed by atoms with E-state index in [0.717, 1.165) is 5.56 Å². The van der Waals surface area contributed by atoms with Crippen molar-refractivity contribution in [1.82, 2.24) is 4.72 Å². The molecular formula is C18H27F2NO2S. The molecule has 1 aliphatic rings. The lowest BCUT2D eigenvalue weighted by molar-refractivity contribution is -0.122. The molecule has 1 aromatic rings. The second-order valence-corrected chi connectivity index (χ2v) is 9.43. The highest BCUT2D eigenvalue weighted by atomic mass is 32.2. The summed E-state index contributed by atoms with van der Waals surface area (Å²) in [7, 11) is 0. The first-order valence-electron chi connectivity index (χ1n) is 8.37. The van der Waals surface area contributed by atoms with Gasteiger partial charge in [-0.05, 0) is 51.2 Å². The van der Waals surface area contributed by atoms with E-state index >= 15 is 0 Å². The van der Waals surface area contributed by atoms with E-state index < -0.39 is 23.4 Å². The van der Waals surface area contributed by atoms with Crippen LogP contribution >= 0.6 is 0 Å². The first kappa shape index (κ1) is 19.6. The molecule has 3 nitrogen and oxygen atoms in total. The summed E-state index contributed by atoms with van der Waals surface area (Å²) in [6.45, 7) is 8.49. The van der Waals surface area contributed by atoms with Gasteiger partial charge in [0.1, 0.15) is 10.9 Å². The SMILES string of the molecule is CC(CN[S+]([O-])C(C)(C)C)c1cccc(C(F)(F)C2CCCO2)c1. The minimum absolute atomic E-state index is 0.00399. The van der Waals surface area contributed by atoms with Crippen LogP contribution in [0.4, 0.5) is 8.78 Å². The van der Waals surface area contributed by atoms with E-state index in [-0.39, 0.29) is 16.2 Å². The summed E-state index contributed by atoms with van der Waals surface area (Å²) in [4.78, 5) is 0. The third-order valence-corrected chi connectivity index (χ3v) is 5.79. The lowest BCUT2D eigenvalue weighted by atomic mass is 9.94. The minimum atomic E-state index is -2.98. The van der Waals surface area contributed by atoms with Crippen LogP contribution in [0, 0.1) is 0 Å². The molecule has 3 unspecified atom stereocenters. The van der Waals surface area contributed by atoms with E-state index in [4.69, 9.17) is 4.74 Å². The average molecular weight is 359 g/mol. The van der Waals surface area contributed by atoms with E-state index in [0.29, 0.717) is 26.0 Å². The number of nitrogens with one attached hydrogen (secondary N) is 1. The Kier molecular flexibility index (Phi) is 6.29. The molecule has 0 amide bonds. The van der Waals surface area contributed by atoms with Crippen molar-refractivity contribution in [3.05, 3.63) is 35.4 Å². The predicted molar refractivity (Wildman–Crippen MR) is 93.6 cm³/mol. The van der Waals surface area contributed by atoms with Gasteiger partial charge in [-0.15, -0.1) is 4.72 Å². The second-order valence-electron chi connectivity index (χ2n) is 7.38. The molecule has 24 heavy (non-hydrogen) atoms.